The van der Waals surface area contributed by atoms with Gasteiger partial charge in [0.2, 0.25) is 5.91 Å². The molecule has 0 bridgehead atoms. The molecule has 1 aliphatic heterocycles. The Morgan fingerprint density at radius 3 is 2.36 bits per heavy atom. The molecule has 0 aromatic heterocycles. The van der Waals surface area contributed by atoms with Crippen LogP contribution in [0.3, 0.4) is 0 Å². The molecule has 1 aliphatic carbocycles. The Morgan fingerprint density at radius 1 is 1.28 bits per heavy atom. The summed E-state index contributed by atoms with van der Waals surface area (Å²) in [4.78, 5) is 38.4. The molecular weight excluding hydrogens is 318 g/mol. The van der Waals surface area contributed by atoms with E-state index in [1.807, 2.05) is 0 Å². The summed E-state index contributed by atoms with van der Waals surface area (Å²) in [6.45, 7) is 12.2. The zero-order chi connectivity index (χ0) is 19.0. The first-order valence-corrected chi connectivity index (χ1v) is 9.38. The van der Waals surface area contributed by atoms with Crippen molar-refractivity contribution < 1.29 is 14.4 Å². The standard InChI is InChI=1S/C19H33N3O3/c1-12(2)7-10-14(18(3,4)5)20-15(23)11-22-16(24)19(6,13-8-9-13)21-17(22)25/h12-14H,7-11H2,1-6H3,(H,20,23)(H,21,25). The highest BCUT2D eigenvalue weighted by molar-refractivity contribution is 6.09. The average molecular weight is 351 g/mol. The van der Waals surface area contributed by atoms with Gasteiger partial charge in [-0.3, -0.25) is 14.5 Å². The van der Waals surface area contributed by atoms with Gasteiger partial charge in [0.05, 0.1) is 0 Å². The molecule has 6 nitrogen and oxygen atoms in total. The van der Waals surface area contributed by atoms with Gasteiger partial charge in [-0.2, -0.15) is 0 Å². The van der Waals surface area contributed by atoms with E-state index < -0.39 is 11.6 Å². The van der Waals surface area contributed by atoms with Gasteiger partial charge >= 0.3 is 6.03 Å². The van der Waals surface area contributed by atoms with Gasteiger partial charge in [0.15, 0.2) is 0 Å². The smallest absolute Gasteiger partial charge is 0.325 e. The van der Waals surface area contributed by atoms with Crippen molar-refractivity contribution in [2.45, 2.75) is 78.8 Å². The second-order valence-electron chi connectivity index (χ2n) is 9.26. The molecule has 2 N–H and O–H groups in total. The van der Waals surface area contributed by atoms with Gasteiger partial charge in [0, 0.05) is 6.04 Å². The minimum atomic E-state index is -0.835. The zero-order valence-corrected chi connectivity index (χ0v) is 16.4. The van der Waals surface area contributed by atoms with Gasteiger partial charge in [-0.05, 0) is 49.9 Å². The SMILES string of the molecule is CC(C)CCC(NC(=O)CN1C(=O)NC(C)(C2CC2)C1=O)C(C)(C)C. The van der Waals surface area contributed by atoms with E-state index >= 15 is 0 Å². The van der Waals surface area contributed by atoms with Crippen LogP contribution in [0.5, 0.6) is 0 Å². The van der Waals surface area contributed by atoms with Gasteiger partial charge in [-0.25, -0.2) is 4.79 Å². The Bertz CT molecular complexity index is 549. The van der Waals surface area contributed by atoms with Crippen LogP contribution >= 0.6 is 0 Å². The van der Waals surface area contributed by atoms with Crippen LogP contribution in [-0.4, -0.2) is 40.9 Å². The minimum absolute atomic E-state index is 0.0120. The van der Waals surface area contributed by atoms with Crippen molar-refractivity contribution in [1.82, 2.24) is 15.5 Å². The number of carbonyl (C=O) groups is 3. The summed E-state index contributed by atoms with van der Waals surface area (Å²) < 4.78 is 0. The first-order valence-electron chi connectivity index (χ1n) is 9.38. The molecule has 1 heterocycles. The Balaban J connectivity index is 1.98. The number of hydrogen-bond acceptors (Lipinski definition) is 3. The Kier molecular flexibility index (Phi) is 5.50. The van der Waals surface area contributed by atoms with Crippen LogP contribution in [0.4, 0.5) is 4.79 Å². The van der Waals surface area contributed by atoms with Gasteiger partial charge in [-0.1, -0.05) is 34.6 Å². The predicted molar refractivity (Wildman–Crippen MR) is 96.8 cm³/mol. The molecule has 2 rings (SSSR count). The fraction of sp³-hybridized carbons (Fsp3) is 0.842. The van der Waals surface area contributed by atoms with Crippen LogP contribution in [-0.2, 0) is 9.59 Å². The second-order valence-corrected chi connectivity index (χ2v) is 9.26. The van der Waals surface area contributed by atoms with Crippen molar-refractivity contribution in [3.8, 4) is 0 Å². The highest BCUT2D eigenvalue weighted by Crippen LogP contribution is 2.42. The molecule has 2 unspecified atom stereocenters. The van der Waals surface area contributed by atoms with Gasteiger partial charge < -0.3 is 10.6 Å². The van der Waals surface area contributed by atoms with Crippen molar-refractivity contribution in [1.29, 1.82) is 0 Å². The van der Waals surface area contributed by atoms with Crippen molar-refractivity contribution in [2.24, 2.45) is 17.3 Å². The Morgan fingerprint density at radius 2 is 1.88 bits per heavy atom. The molecule has 0 aromatic carbocycles. The highest BCUT2D eigenvalue weighted by atomic mass is 16.2. The fourth-order valence-corrected chi connectivity index (χ4v) is 3.40. The van der Waals surface area contributed by atoms with Crippen LogP contribution < -0.4 is 10.6 Å². The lowest BCUT2D eigenvalue weighted by atomic mass is 9.83. The molecule has 4 amide bonds. The number of carbonyl (C=O) groups excluding carboxylic acids is 3. The zero-order valence-electron chi connectivity index (χ0n) is 16.4. The van der Waals surface area contributed by atoms with Crippen molar-refractivity contribution >= 4 is 17.8 Å². The summed E-state index contributed by atoms with van der Waals surface area (Å²) in [6.07, 6.45) is 3.80. The third-order valence-corrected chi connectivity index (χ3v) is 5.41. The largest absolute Gasteiger partial charge is 0.351 e. The number of hydrogen-bond donors (Lipinski definition) is 2. The number of rotatable bonds is 7. The Labute approximate surface area is 151 Å². The summed E-state index contributed by atoms with van der Waals surface area (Å²) in [5.41, 5.74) is -0.914. The normalized spacial score (nSPS) is 25.3. The van der Waals surface area contributed by atoms with Crippen LogP contribution in [0.15, 0.2) is 0 Å². The maximum atomic E-state index is 12.6. The molecule has 25 heavy (non-hydrogen) atoms. The quantitative estimate of drug-likeness (QED) is 0.692. The molecule has 1 saturated carbocycles. The lowest BCUT2D eigenvalue weighted by Gasteiger charge is -2.32. The van der Waals surface area contributed by atoms with Crippen LogP contribution in [0, 0.1) is 17.3 Å². The van der Waals surface area contributed by atoms with Crippen molar-refractivity contribution in [2.75, 3.05) is 6.54 Å². The van der Waals surface area contributed by atoms with Crippen LogP contribution in [0.2, 0.25) is 0 Å². The van der Waals surface area contributed by atoms with Crippen LogP contribution in [0.25, 0.3) is 0 Å². The second kappa shape index (κ2) is 6.96. The summed E-state index contributed by atoms with van der Waals surface area (Å²) in [6, 6.07) is -0.443. The molecule has 0 aromatic rings. The first-order chi connectivity index (χ1) is 11.4. The molecule has 0 radical (unpaired) electrons. The topological polar surface area (TPSA) is 78.5 Å². The van der Waals surface area contributed by atoms with Gasteiger partial charge in [-0.15, -0.1) is 0 Å². The predicted octanol–water partition coefficient (Wildman–Crippen LogP) is 2.67. The summed E-state index contributed by atoms with van der Waals surface area (Å²) in [5, 5.41) is 5.82. The van der Waals surface area contributed by atoms with E-state index in [9.17, 15) is 14.4 Å². The van der Waals surface area contributed by atoms with Crippen LogP contribution in [0.1, 0.15) is 67.2 Å². The first kappa shape index (κ1) is 19.7. The summed E-state index contributed by atoms with van der Waals surface area (Å²) in [5.74, 6) is 0.217. The van der Waals surface area contributed by atoms with E-state index in [-0.39, 0.29) is 35.7 Å². The van der Waals surface area contributed by atoms with Crippen molar-refractivity contribution in [3.05, 3.63) is 0 Å². The number of nitrogens with one attached hydrogen (secondary N) is 2. The third-order valence-electron chi connectivity index (χ3n) is 5.41. The molecule has 1 saturated heterocycles. The fourth-order valence-electron chi connectivity index (χ4n) is 3.40. The van der Waals surface area contributed by atoms with Gasteiger partial charge in [0.1, 0.15) is 12.1 Å². The lowest BCUT2D eigenvalue weighted by Crippen LogP contribution is -2.49. The number of nitrogens with zero attached hydrogens (tertiary/aromatic N) is 1. The molecule has 0 spiro atoms. The number of amides is 4. The van der Waals surface area contributed by atoms with E-state index in [4.69, 9.17) is 0 Å². The van der Waals surface area contributed by atoms with Gasteiger partial charge in [0.25, 0.3) is 5.91 Å². The molecule has 2 atom stereocenters. The third kappa shape index (κ3) is 4.53. The molecule has 142 valence electrons. The highest BCUT2D eigenvalue weighted by Gasteiger charge is 2.56. The number of imide groups is 1. The monoisotopic (exact) mass is 351 g/mol. The number of urea groups is 1. The molecular formula is C19H33N3O3. The van der Waals surface area contributed by atoms with E-state index in [1.54, 1.807) is 6.92 Å². The summed E-state index contributed by atoms with van der Waals surface area (Å²) in [7, 11) is 0. The minimum Gasteiger partial charge on any atom is -0.351 e. The average Bonchev–Trinajstić information content (AvgIpc) is 3.28. The van der Waals surface area contributed by atoms with E-state index in [0.29, 0.717) is 5.92 Å². The maximum Gasteiger partial charge on any atom is 0.325 e. The molecule has 2 aliphatic rings. The molecule has 2 fully saturated rings. The Hall–Kier alpha value is -1.59. The van der Waals surface area contributed by atoms with Crippen molar-refractivity contribution in [3.63, 3.8) is 0 Å². The van der Waals surface area contributed by atoms with E-state index in [1.165, 1.54) is 0 Å². The van der Waals surface area contributed by atoms with E-state index in [0.717, 1.165) is 30.6 Å². The van der Waals surface area contributed by atoms with E-state index in [2.05, 4.69) is 45.3 Å². The molecule has 6 heteroatoms. The summed E-state index contributed by atoms with van der Waals surface area (Å²) >= 11 is 0. The lowest BCUT2D eigenvalue weighted by molar-refractivity contribution is -0.135. The maximum absolute atomic E-state index is 12.6.